The molecule has 0 spiro atoms. The molecular formula is C22H23N3O. The van der Waals surface area contributed by atoms with Gasteiger partial charge < -0.3 is 4.98 Å². The summed E-state index contributed by atoms with van der Waals surface area (Å²) in [6.45, 7) is 6.61. The Morgan fingerprint density at radius 2 is 1.77 bits per heavy atom. The van der Waals surface area contributed by atoms with Crippen molar-refractivity contribution in [2.24, 2.45) is 5.10 Å². The van der Waals surface area contributed by atoms with Crippen molar-refractivity contribution in [2.45, 2.75) is 38.5 Å². The molecule has 4 heteroatoms. The molecule has 1 amide bonds. The third kappa shape index (κ3) is 2.92. The predicted molar refractivity (Wildman–Crippen MR) is 105 cm³/mol. The van der Waals surface area contributed by atoms with Crippen LogP contribution in [0.15, 0.2) is 59.8 Å². The van der Waals surface area contributed by atoms with Gasteiger partial charge in [-0.15, -0.1) is 0 Å². The van der Waals surface area contributed by atoms with Crippen molar-refractivity contribution in [1.82, 2.24) is 10.4 Å². The Bertz CT molecular complexity index is 990. The topological polar surface area (TPSA) is 57.2 Å². The fourth-order valence-electron chi connectivity index (χ4n) is 3.51. The van der Waals surface area contributed by atoms with Crippen molar-refractivity contribution in [3.8, 4) is 0 Å². The number of nitrogens with zero attached hydrogens (tertiary/aromatic N) is 1. The number of carbonyl (C=O) groups is 1. The zero-order chi connectivity index (χ0) is 18.3. The van der Waals surface area contributed by atoms with Crippen LogP contribution in [0, 0.1) is 0 Å². The number of aromatic nitrogens is 1. The highest BCUT2D eigenvalue weighted by Crippen LogP contribution is 2.31. The molecule has 0 unspecified atom stereocenters. The number of fused-ring (bicyclic) bond motifs is 1. The van der Waals surface area contributed by atoms with Gasteiger partial charge in [0.1, 0.15) is 0 Å². The average molecular weight is 345 g/mol. The van der Waals surface area contributed by atoms with E-state index in [4.69, 9.17) is 0 Å². The summed E-state index contributed by atoms with van der Waals surface area (Å²) in [6.07, 6.45) is 2.54. The van der Waals surface area contributed by atoms with Crippen LogP contribution in [0.4, 0.5) is 0 Å². The number of para-hydroxylation sites is 1. The lowest BCUT2D eigenvalue weighted by atomic mass is 9.85. The Morgan fingerprint density at radius 1 is 1.04 bits per heavy atom. The van der Waals surface area contributed by atoms with Gasteiger partial charge in [0.05, 0.1) is 11.6 Å². The van der Waals surface area contributed by atoms with Crippen LogP contribution in [0.3, 0.4) is 0 Å². The number of carbonyl (C=O) groups excluding carboxylic acids is 1. The molecule has 26 heavy (non-hydrogen) atoms. The summed E-state index contributed by atoms with van der Waals surface area (Å²) in [6, 6.07) is 16.6. The van der Waals surface area contributed by atoms with Gasteiger partial charge in [-0.3, -0.25) is 4.79 Å². The summed E-state index contributed by atoms with van der Waals surface area (Å²) < 4.78 is 0. The van der Waals surface area contributed by atoms with Gasteiger partial charge in [-0.25, -0.2) is 5.43 Å². The molecule has 0 fully saturated rings. The van der Waals surface area contributed by atoms with E-state index in [1.807, 2.05) is 24.4 Å². The van der Waals surface area contributed by atoms with E-state index >= 15 is 0 Å². The highest BCUT2D eigenvalue weighted by Gasteiger charge is 2.29. The molecule has 1 aliphatic rings. The molecule has 0 bridgehead atoms. The van der Waals surface area contributed by atoms with Crippen LogP contribution in [-0.2, 0) is 10.2 Å². The van der Waals surface area contributed by atoms with Crippen LogP contribution in [0.1, 0.15) is 49.8 Å². The quantitative estimate of drug-likeness (QED) is 0.707. The van der Waals surface area contributed by atoms with Crippen molar-refractivity contribution in [3.63, 3.8) is 0 Å². The summed E-state index contributed by atoms with van der Waals surface area (Å²) in [5.74, 6) is -0.286. The molecular weight excluding hydrogens is 322 g/mol. The lowest BCUT2D eigenvalue weighted by Gasteiger charge is -2.23. The maximum atomic E-state index is 12.5. The Hall–Kier alpha value is -2.88. The number of hydrogen-bond acceptors (Lipinski definition) is 2. The molecule has 0 aliphatic carbocycles. The van der Waals surface area contributed by atoms with Crippen LogP contribution in [0.5, 0.6) is 0 Å². The van der Waals surface area contributed by atoms with Crippen LogP contribution in [0.25, 0.3) is 10.9 Å². The Kier molecular flexibility index (Phi) is 3.91. The van der Waals surface area contributed by atoms with Crippen molar-refractivity contribution in [1.29, 1.82) is 0 Å². The summed E-state index contributed by atoms with van der Waals surface area (Å²) in [7, 11) is 0. The minimum absolute atomic E-state index is 0.0511. The van der Waals surface area contributed by atoms with Gasteiger partial charge in [-0.05, 0) is 28.2 Å². The first-order chi connectivity index (χ1) is 12.4. The number of H-pyrrole nitrogens is 1. The van der Waals surface area contributed by atoms with Gasteiger partial charge in [-0.2, -0.15) is 5.10 Å². The van der Waals surface area contributed by atoms with E-state index in [2.05, 4.69) is 66.6 Å². The lowest BCUT2D eigenvalue weighted by molar-refractivity contribution is -0.122. The third-order valence-electron chi connectivity index (χ3n) is 5.10. The first kappa shape index (κ1) is 16.6. The molecule has 2 aromatic carbocycles. The number of benzene rings is 2. The number of nitrogens with one attached hydrogen (secondary N) is 2. The van der Waals surface area contributed by atoms with Crippen molar-refractivity contribution in [2.75, 3.05) is 0 Å². The average Bonchev–Trinajstić information content (AvgIpc) is 3.05. The molecule has 0 radical (unpaired) electrons. The first-order valence-corrected chi connectivity index (χ1v) is 8.97. The second kappa shape index (κ2) is 6.13. The smallest absolute Gasteiger partial charge is 0.248 e. The number of hydrazone groups is 1. The molecule has 1 atom stereocenters. The Morgan fingerprint density at radius 3 is 2.50 bits per heavy atom. The van der Waals surface area contributed by atoms with Crippen molar-refractivity contribution >= 4 is 22.5 Å². The maximum Gasteiger partial charge on any atom is 0.248 e. The molecule has 4 rings (SSSR count). The van der Waals surface area contributed by atoms with Gasteiger partial charge >= 0.3 is 0 Å². The number of rotatable bonds is 2. The van der Waals surface area contributed by atoms with Crippen LogP contribution < -0.4 is 5.43 Å². The molecule has 4 nitrogen and oxygen atoms in total. The minimum atomic E-state index is -0.235. The van der Waals surface area contributed by atoms with E-state index in [9.17, 15) is 4.79 Å². The van der Waals surface area contributed by atoms with Gasteiger partial charge in [0.25, 0.3) is 0 Å². The second-order valence-electron chi connectivity index (χ2n) is 7.91. The van der Waals surface area contributed by atoms with Gasteiger partial charge in [0, 0.05) is 23.5 Å². The van der Waals surface area contributed by atoms with E-state index < -0.39 is 0 Å². The molecule has 3 aromatic rings. The molecule has 0 saturated heterocycles. The summed E-state index contributed by atoms with van der Waals surface area (Å²) in [5.41, 5.74) is 8.17. The standard InChI is InChI=1S/C22H23N3O/c1-22(2,3)15-10-8-14(9-11-15)20-12-17(21(26)25-24-20)18-13-23-19-7-5-4-6-16(18)19/h4-11,13,17,23H,12H2,1-3H3,(H,25,26)/t17-/m0/s1. The van der Waals surface area contributed by atoms with E-state index in [0.717, 1.165) is 27.7 Å². The first-order valence-electron chi connectivity index (χ1n) is 8.97. The zero-order valence-electron chi connectivity index (χ0n) is 15.3. The third-order valence-corrected chi connectivity index (χ3v) is 5.10. The monoisotopic (exact) mass is 345 g/mol. The summed E-state index contributed by atoms with van der Waals surface area (Å²) in [5, 5.41) is 5.41. The molecule has 2 heterocycles. The van der Waals surface area contributed by atoms with Gasteiger partial charge in [0.2, 0.25) is 5.91 Å². The van der Waals surface area contributed by atoms with Gasteiger partial charge in [0.15, 0.2) is 0 Å². The second-order valence-corrected chi connectivity index (χ2v) is 7.91. The van der Waals surface area contributed by atoms with Gasteiger partial charge in [-0.1, -0.05) is 63.2 Å². The van der Waals surface area contributed by atoms with Crippen LogP contribution >= 0.6 is 0 Å². The SMILES string of the molecule is CC(C)(C)c1ccc(C2=NNC(=O)[C@H](c3c[nH]c4ccccc34)C2)cc1. The highest BCUT2D eigenvalue weighted by atomic mass is 16.2. The number of amides is 1. The number of hydrogen-bond donors (Lipinski definition) is 2. The Balaban J connectivity index is 1.65. The molecule has 1 aromatic heterocycles. The normalized spacial score (nSPS) is 17.9. The zero-order valence-corrected chi connectivity index (χ0v) is 15.3. The molecule has 1 aliphatic heterocycles. The maximum absolute atomic E-state index is 12.5. The predicted octanol–water partition coefficient (Wildman–Crippen LogP) is 4.47. The van der Waals surface area contributed by atoms with Crippen LogP contribution in [0.2, 0.25) is 0 Å². The van der Waals surface area contributed by atoms with Crippen molar-refractivity contribution in [3.05, 3.63) is 71.4 Å². The fourth-order valence-corrected chi connectivity index (χ4v) is 3.51. The molecule has 0 saturated carbocycles. The number of aromatic amines is 1. The minimum Gasteiger partial charge on any atom is -0.361 e. The molecule has 132 valence electrons. The van der Waals surface area contributed by atoms with E-state index in [0.29, 0.717) is 6.42 Å². The largest absolute Gasteiger partial charge is 0.361 e. The van der Waals surface area contributed by atoms with Crippen molar-refractivity contribution < 1.29 is 4.79 Å². The molecule has 2 N–H and O–H groups in total. The van der Waals surface area contributed by atoms with E-state index in [-0.39, 0.29) is 17.2 Å². The lowest BCUT2D eigenvalue weighted by Crippen LogP contribution is -2.33. The summed E-state index contributed by atoms with van der Waals surface area (Å²) >= 11 is 0. The fraction of sp³-hybridized carbons (Fsp3) is 0.273. The Labute approximate surface area is 153 Å². The van der Waals surface area contributed by atoms with Crippen LogP contribution in [-0.4, -0.2) is 16.6 Å². The highest BCUT2D eigenvalue weighted by molar-refractivity contribution is 6.07. The summed E-state index contributed by atoms with van der Waals surface area (Å²) in [4.78, 5) is 15.7. The van der Waals surface area contributed by atoms with E-state index in [1.165, 1.54) is 5.56 Å². The van der Waals surface area contributed by atoms with E-state index in [1.54, 1.807) is 0 Å².